The number of thioether (sulfide) groups is 1. The Kier molecular flexibility index (Phi) is 8.29. The fraction of sp³-hybridized carbons (Fsp3) is 0.346. The Labute approximate surface area is 194 Å². The summed E-state index contributed by atoms with van der Waals surface area (Å²) in [5.41, 5.74) is 2.51. The summed E-state index contributed by atoms with van der Waals surface area (Å²) in [7, 11) is 0. The zero-order valence-electron chi connectivity index (χ0n) is 18.4. The maximum atomic E-state index is 12.5. The van der Waals surface area contributed by atoms with Crippen LogP contribution in [0.3, 0.4) is 0 Å². The molecule has 3 aromatic rings. The smallest absolute Gasteiger partial charge is 0.239 e. The van der Waals surface area contributed by atoms with Gasteiger partial charge < -0.3 is 14.6 Å². The normalized spacial score (nSPS) is 13.2. The number of fused-ring (bicyclic) bond motifs is 1. The Balaban J connectivity index is 1.22. The number of hydrogen-bond acceptors (Lipinski definition) is 5. The van der Waals surface area contributed by atoms with E-state index in [1.165, 1.54) is 16.1 Å². The molecule has 0 unspecified atom stereocenters. The lowest BCUT2D eigenvalue weighted by atomic mass is 10.1. The maximum absolute atomic E-state index is 12.5. The van der Waals surface area contributed by atoms with Gasteiger partial charge in [0, 0.05) is 36.8 Å². The number of nitrogens with one attached hydrogen (secondary N) is 1. The van der Waals surface area contributed by atoms with Crippen LogP contribution in [0.4, 0.5) is 5.69 Å². The van der Waals surface area contributed by atoms with Gasteiger partial charge in [-0.3, -0.25) is 9.69 Å². The van der Waals surface area contributed by atoms with Gasteiger partial charge in [-0.1, -0.05) is 42.5 Å². The molecule has 0 bridgehead atoms. The monoisotopic (exact) mass is 449 g/mol. The van der Waals surface area contributed by atoms with Gasteiger partial charge in [-0.15, -0.1) is 11.8 Å². The molecule has 6 heteroatoms. The van der Waals surface area contributed by atoms with Crippen LogP contribution in [0.25, 0.3) is 0 Å². The highest BCUT2D eigenvalue weighted by Gasteiger charge is 2.19. The van der Waals surface area contributed by atoms with Crippen LogP contribution < -0.4 is 10.2 Å². The molecule has 0 saturated carbocycles. The number of hydrogen-bond donors (Lipinski definition) is 1. The van der Waals surface area contributed by atoms with E-state index in [4.69, 9.17) is 4.42 Å². The molecule has 0 atom stereocenters. The van der Waals surface area contributed by atoms with Crippen molar-refractivity contribution in [3.05, 3.63) is 84.3 Å². The average Bonchev–Trinajstić information content (AvgIpc) is 3.34. The minimum atomic E-state index is 0.0913. The van der Waals surface area contributed by atoms with Gasteiger partial charge in [0.15, 0.2) is 0 Å². The van der Waals surface area contributed by atoms with E-state index >= 15 is 0 Å². The van der Waals surface area contributed by atoms with Gasteiger partial charge in [0.05, 0.1) is 25.0 Å². The number of nitrogens with zero attached hydrogens (tertiary/aromatic N) is 2. The van der Waals surface area contributed by atoms with E-state index in [2.05, 4.69) is 57.6 Å². The molecule has 0 spiro atoms. The quantitative estimate of drug-likeness (QED) is 0.439. The summed E-state index contributed by atoms with van der Waals surface area (Å²) >= 11 is 1.86. The summed E-state index contributed by atoms with van der Waals surface area (Å²) in [6, 6.07) is 22.8. The predicted molar refractivity (Wildman–Crippen MR) is 131 cm³/mol. The van der Waals surface area contributed by atoms with E-state index in [9.17, 15) is 4.79 Å². The van der Waals surface area contributed by atoms with Gasteiger partial charge in [0.25, 0.3) is 0 Å². The van der Waals surface area contributed by atoms with Crippen molar-refractivity contribution in [1.82, 2.24) is 10.2 Å². The molecule has 2 heterocycles. The zero-order valence-corrected chi connectivity index (χ0v) is 19.2. The molecular formula is C26H31N3O2S. The molecule has 1 aromatic heterocycles. The van der Waals surface area contributed by atoms with Crippen LogP contribution in [0.5, 0.6) is 0 Å². The number of amides is 1. The second kappa shape index (κ2) is 11.8. The summed E-state index contributed by atoms with van der Waals surface area (Å²) in [6.07, 6.45) is 3.64. The molecular weight excluding hydrogens is 418 g/mol. The molecule has 1 aliphatic heterocycles. The van der Waals surface area contributed by atoms with Crippen LogP contribution in [-0.4, -0.2) is 49.3 Å². The molecule has 0 radical (unpaired) electrons. The highest BCUT2D eigenvalue weighted by Crippen LogP contribution is 2.33. The molecule has 168 valence electrons. The predicted octanol–water partition coefficient (Wildman–Crippen LogP) is 4.44. The van der Waals surface area contributed by atoms with E-state index < -0.39 is 0 Å². The fourth-order valence-electron chi connectivity index (χ4n) is 3.98. The lowest BCUT2D eigenvalue weighted by Crippen LogP contribution is -2.40. The van der Waals surface area contributed by atoms with Gasteiger partial charge >= 0.3 is 0 Å². The van der Waals surface area contributed by atoms with Crippen molar-refractivity contribution in [2.75, 3.05) is 43.4 Å². The first kappa shape index (κ1) is 22.5. The summed E-state index contributed by atoms with van der Waals surface area (Å²) in [6.45, 7) is 4.67. The second-order valence-corrected chi connectivity index (χ2v) is 9.17. The number of para-hydroxylation sites is 1. The molecule has 32 heavy (non-hydrogen) atoms. The fourth-order valence-corrected chi connectivity index (χ4v) is 5.03. The van der Waals surface area contributed by atoms with Crippen molar-refractivity contribution >= 4 is 23.4 Å². The minimum absolute atomic E-state index is 0.0913. The third-order valence-corrected chi connectivity index (χ3v) is 6.69. The summed E-state index contributed by atoms with van der Waals surface area (Å²) in [5.74, 6) is 2.09. The largest absolute Gasteiger partial charge is 0.468 e. The average molecular weight is 450 g/mol. The number of rotatable bonds is 11. The molecule has 1 aliphatic rings. The Morgan fingerprint density at radius 2 is 1.88 bits per heavy atom. The van der Waals surface area contributed by atoms with E-state index in [-0.39, 0.29) is 5.91 Å². The van der Waals surface area contributed by atoms with Crippen LogP contribution in [0, 0.1) is 0 Å². The molecule has 2 aromatic carbocycles. The van der Waals surface area contributed by atoms with Crippen molar-refractivity contribution in [3.63, 3.8) is 0 Å². The van der Waals surface area contributed by atoms with E-state index in [0.29, 0.717) is 13.1 Å². The summed E-state index contributed by atoms with van der Waals surface area (Å²) < 4.78 is 5.56. The Morgan fingerprint density at radius 1 is 1.03 bits per heavy atom. The standard InChI is InChI=1S/C26H31N3O2S/c30-26(21-29-17-19-32-25-12-5-4-11-24(25)29)27-14-7-15-28(20-23-10-6-18-31-23)16-13-22-8-2-1-3-9-22/h1-6,8-12,18H,7,13-17,19-21H2,(H,27,30). The van der Waals surface area contributed by atoms with E-state index in [0.717, 1.165) is 50.5 Å². The van der Waals surface area contributed by atoms with Crippen molar-refractivity contribution in [3.8, 4) is 0 Å². The molecule has 1 N–H and O–H groups in total. The lowest BCUT2D eigenvalue weighted by molar-refractivity contribution is -0.119. The number of benzene rings is 2. The molecule has 0 aliphatic carbocycles. The van der Waals surface area contributed by atoms with Crippen molar-refractivity contribution in [1.29, 1.82) is 0 Å². The molecule has 4 rings (SSSR count). The highest BCUT2D eigenvalue weighted by molar-refractivity contribution is 7.99. The molecule has 0 saturated heterocycles. The van der Waals surface area contributed by atoms with Crippen LogP contribution in [0.2, 0.25) is 0 Å². The van der Waals surface area contributed by atoms with Crippen molar-refractivity contribution in [2.45, 2.75) is 24.3 Å². The van der Waals surface area contributed by atoms with Crippen LogP contribution in [-0.2, 0) is 17.8 Å². The van der Waals surface area contributed by atoms with Crippen LogP contribution >= 0.6 is 11.8 Å². The van der Waals surface area contributed by atoms with Crippen LogP contribution in [0.15, 0.2) is 82.3 Å². The molecule has 1 amide bonds. The number of carbonyl (C=O) groups is 1. The zero-order chi connectivity index (χ0) is 22.0. The Bertz CT molecular complexity index is 962. The third kappa shape index (κ3) is 6.65. The van der Waals surface area contributed by atoms with Crippen molar-refractivity contribution in [2.24, 2.45) is 0 Å². The first-order chi connectivity index (χ1) is 15.8. The van der Waals surface area contributed by atoms with Crippen LogP contribution in [0.1, 0.15) is 17.7 Å². The Hall–Kier alpha value is -2.70. The summed E-state index contributed by atoms with van der Waals surface area (Å²) in [4.78, 5) is 18.4. The first-order valence-electron chi connectivity index (χ1n) is 11.3. The van der Waals surface area contributed by atoms with Gasteiger partial charge in [0.1, 0.15) is 5.76 Å². The summed E-state index contributed by atoms with van der Waals surface area (Å²) in [5, 5.41) is 3.11. The maximum Gasteiger partial charge on any atom is 0.239 e. The van der Waals surface area contributed by atoms with Gasteiger partial charge in [-0.25, -0.2) is 0 Å². The number of furan rings is 1. The third-order valence-electron chi connectivity index (χ3n) is 5.65. The topological polar surface area (TPSA) is 48.7 Å². The van der Waals surface area contributed by atoms with Crippen molar-refractivity contribution < 1.29 is 9.21 Å². The highest BCUT2D eigenvalue weighted by atomic mass is 32.2. The first-order valence-corrected chi connectivity index (χ1v) is 12.3. The second-order valence-electron chi connectivity index (χ2n) is 8.03. The van der Waals surface area contributed by atoms with Gasteiger partial charge in [0.2, 0.25) is 5.91 Å². The number of anilines is 1. The van der Waals surface area contributed by atoms with Gasteiger partial charge in [-0.2, -0.15) is 0 Å². The van der Waals surface area contributed by atoms with E-state index in [1.54, 1.807) is 6.26 Å². The molecule has 0 fully saturated rings. The van der Waals surface area contributed by atoms with E-state index in [1.807, 2.05) is 36.0 Å². The number of carbonyl (C=O) groups excluding carboxylic acids is 1. The minimum Gasteiger partial charge on any atom is -0.468 e. The van der Waals surface area contributed by atoms with Gasteiger partial charge in [-0.05, 0) is 42.7 Å². The Morgan fingerprint density at radius 3 is 2.72 bits per heavy atom. The molecule has 5 nitrogen and oxygen atoms in total. The lowest BCUT2D eigenvalue weighted by Gasteiger charge is -2.30. The SMILES string of the molecule is O=C(CN1CCSc2ccccc21)NCCCN(CCc1ccccc1)Cc1ccco1.